The number of nitrogens with two attached hydrogens (primary N) is 2. The lowest BCUT2D eigenvalue weighted by Crippen LogP contribution is -2.37. The summed E-state index contributed by atoms with van der Waals surface area (Å²) in [5, 5.41) is 29.7. The molecular formula is C15H23N6O5S+. The highest BCUT2D eigenvalue weighted by molar-refractivity contribution is 7.96. The Balaban J connectivity index is 1.68. The summed E-state index contributed by atoms with van der Waals surface area (Å²) in [5.41, 5.74) is 12.1. The molecule has 0 bridgehead atoms. The molecule has 0 radical (unpaired) electrons. The summed E-state index contributed by atoms with van der Waals surface area (Å²) in [6.45, 7) is 0. The zero-order valence-corrected chi connectivity index (χ0v) is 15.5. The Bertz CT molecular complexity index is 819. The van der Waals surface area contributed by atoms with Crippen LogP contribution in [0.15, 0.2) is 12.7 Å². The summed E-state index contributed by atoms with van der Waals surface area (Å²) in [6, 6.07) is -0.907. The molecule has 2 aromatic heterocycles. The van der Waals surface area contributed by atoms with Crippen molar-refractivity contribution >= 4 is 33.8 Å². The predicted molar refractivity (Wildman–Crippen MR) is 98.9 cm³/mol. The second-order valence-electron chi connectivity index (χ2n) is 6.51. The molecule has 0 spiro atoms. The molecule has 1 fully saturated rings. The van der Waals surface area contributed by atoms with Gasteiger partial charge in [0, 0.05) is 6.42 Å². The molecule has 1 unspecified atom stereocenters. The van der Waals surface area contributed by atoms with Crippen LogP contribution in [0, 0.1) is 0 Å². The molecule has 1 aliphatic heterocycles. The molecule has 148 valence electrons. The van der Waals surface area contributed by atoms with Crippen LogP contribution < -0.4 is 11.5 Å². The number of carbonyl (C=O) groups is 1. The third kappa shape index (κ3) is 3.99. The third-order valence-electron chi connectivity index (χ3n) is 4.54. The van der Waals surface area contributed by atoms with Crippen LogP contribution in [0.2, 0.25) is 0 Å². The van der Waals surface area contributed by atoms with Crippen LogP contribution in [-0.4, -0.2) is 82.9 Å². The second-order valence-corrected chi connectivity index (χ2v) is 8.82. The number of anilines is 1. The Morgan fingerprint density at radius 2 is 2.11 bits per heavy atom. The molecule has 7 N–H and O–H groups in total. The van der Waals surface area contributed by atoms with Gasteiger partial charge in [-0.1, -0.05) is 0 Å². The lowest BCUT2D eigenvalue weighted by Gasteiger charge is -2.16. The summed E-state index contributed by atoms with van der Waals surface area (Å²) in [7, 11) is -0.235. The molecule has 27 heavy (non-hydrogen) atoms. The van der Waals surface area contributed by atoms with E-state index in [-0.39, 0.29) is 16.7 Å². The van der Waals surface area contributed by atoms with E-state index in [0.29, 0.717) is 29.1 Å². The molecule has 0 amide bonds. The van der Waals surface area contributed by atoms with Crippen molar-refractivity contribution in [1.29, 1.82) is 0 Å². The summed E-state index contributed by atoms with van der Waals surface area (Å²) >= 11 is 0. The van der Waals surface area contributed by atoms with Crippen LogP contribution in [0.5, 0.6) is 0 Å². The van der Waals surface area contributed by atoms with E-state index in [0.717, 1.165) is 0 Å². The van der Waals surface area contributed by atoms with Gasteiger partial charge in [-0.2, -0.15) is 0 Å². The largest absolute Gasteiger partial charge is 0.480 e. The fourth-order valence-electron chi connectivity index (χ4n) is 2.97. The van der Waals surface area contributed by atoms with Crippen LogP contribution in [0.3, 0.4) is 0 Å². The van der Waals surface area contributed by atoms with E-state index in [9.17, 15) is 15.0 Å². The molecule has 0 aliphatic carbocycles. The minimum Gasteiger partial charge on any atom is -0.480 e. The van der Waals surface area contributed by atoms with Crippen molar-refractivity contribution in [2.24, 2.45) is 5.73 Å². The van der Waals surface area contributed by atoms with E-state index in [1.807, 2.05) is 6.26 Å². The highest BCUT2D eigenvalue weighted by Crippen LogP contribution is 2.32. The Kier molecular flexibility index (Phi) is 5.81. The van der Waals surface area contributed by atoms with Gasteiger partial charge in [-0.3, -0.25) is 9.36 Å². The minimum absolute atomic E-state index is 0.216. The number of imidazole rings is 1. The van der Waals surface area contributed by atoms with Crippen LogP contribution >= 0.6 is 0 Å². The molecule has 6 atom stereocenters. The maximum absolute atomic E-state index is 10.8. The summed E-state index contributed by atoms with van der Waals surface area (Å²) in [6.07, 6.45) is 1.31. The van der Waals surface area contributed by atoms with Crippen molar-refractivity contribution < 1.29 is 24.9 Å². The highest BCUT2D eigenvalue weighted by Gasteiger charge is 2.46. The Hall–Kier alpha value is -1.99. The molecule has 1 saturated heterocycles. The van der Waals surface area contributed by atoms with Gasteiger partial charge in [0.15, 0.2) is 17.7 Å². The van der Waals surface area contributed by atoms with E-state index in [4.69, 9.17) is 21.3 Å². The van der Waals surface area contributed by atoms with E-state index >= 15 is 0 Å². The van der Waals surface area contributed by atoms with Crippen LogP contribution in [0.25, 0.3) is 11.2 Å². The Morgan fingerprint density at radius 3 is 2.81 bits per heavy atom. The molecule has 11 nitrogen and oxygen atoms in total. The van der Waals surface area contributed by atoms with Gasteiger partial charge in [-0.15, -0.1) is 0 Å². The average Bonchev–Trinajstić information content (AvgIpc) is 3.17. The number of nitrogen functional groups attached to an aromatic ring is 1. The fraction of sp³-hybridized carbons (Fsp3) is 0.600. The maximum Gasteiger partial charge on any atom is 0.320 e. The first kappa shape index (κ1) is 19.8. The van der Waals surface area contributed by atoms with Crippen molar-refractivity contribution in [2.45, 2.75) is 37.0 Å². The van der Waals surface area contributed by atoms with E-state index < -0.39 is 36.6 Å². The van der Waals surface area contributed by atoms with Gasteiger partial charge in [0.05, 0.1) is 12.6 Å². The quantitative estimate of drug-likeness (QED) is 0.329. The zero-order chi connectivity index (χ0) is 19.7. The molecule has 0 saturated carbocycles. The number of carboxylic acids is 1. The van der Waals surface area contributed by atoms with Crippen molar-refractivity contribution in [3.63, 3.8) is 0 Å². The standard InChI is InChI=1S/C15H22N6O5S/c1-27(3-2-7(16)15(24)25)4-8-10(22)11(23)14(26-8)21-6-20-9-12(17)18-5-19-13(9)21/h5-8,10-11,14,22-23H,2-4,16H2,1H3,(H2-,17,18,19,24,25)/p+1/t7-,8+,10+,11+,14-,27?/m0/s1. The lowest BCUT2D eigenvalue weighted by atomic mass is 10.1. The maximum atomic E-state index is 10.8. The van der Waals surface area contributed by atoms with E-state index in [1.165, 1.54) is 17.2 Å². The summed E-state index contributed by atoms with van der Waals surface area (Å²) in [4.78, 5) is 23.0. The monoisotopic (exact) mass is 399 g/mol. The number of aliphatic carboxylic acids is 1. The number of ether oxygens (including phenoxy) is 1. The number of hydrogen-bond acceptors (Lipinski definition) is 9. The van der Waals surface area contributed by atoms with E-state index in [1.54, 1.807) is 0 Å². The Morgan fingerprint density at radius 1 is 1.37 bits per heavy atom. The van der Waals surface area contributed by atoms with Crippen LogP contribution in [0.1, 0.15) is 12.6 Å². The summed E-state index contributed by atoms with van der Waals surface area (Å²) in [5.74, 6) is 0.254. The van der Waals surface area contributed by atoms with Crippen molar-refractivity contribution in [1.82, 2.24) is 19.5 Å². The summed E-state index contributed by atoms with van der Waals surface area (Å²) < 4.78 is 7.41. The SMILES string of the molecule is C[S+](CC[C@H](N)C(=O)O)C[C@H]1O[C@H](n2cnc3c(N)ncnc32)[C@H](O)[C@@H]1O. The molecule has 1 aliphatic rings. The molecule has 0 aromatic carbocycles. The Labute approximate surface area is 157 Å². The topological polar surface area (TPSA) is 183 Å². The molecule has 3 heterocycles. The number of rotatable bonds is 7. The number of aliphatic hydroxyl groups is 2. The van der Waals surface area contributed by atoms with E-state index in [2.05, 4.69) is 15.0 Å². The van der Waals surface area contributed by atoms with Gasteiger partial charge in [0.25, 0.3) is 0 Å². The van der Waals surface area contributed by atoms with Crippen molar-refractivity contribution in [3.8, 4) is 0 Å². The van der Waals surface area contributed by atoms with Gasteiger partial charge in [-0.25, -0.2) is 15.0 Å². The van der Waals surface area contributed by atoms with Crippen LogP contribution in [-0.2, 0) is 20.4 Å². The first-order chi connectivity index (χ1) is 12.8. The number of aromatic nitrogens is 4. The molecule has 12 heteroatoms. The van der Waals surface area contributed by atoms with Crippen molar-refractivity contribution in [2.75, 3.05) is 23.5 Å². The predicted octanol–water partition coefficient (Wildman–Crippen LogP) is -1.92. The lowest BCUT2D eigenvalue weighted by molar-refractivity contribution is -0.138. The van der Waals surface area contributed by atoms with Crippen LogP contribution in [0.4, 0.5) is 5.82 Å². The molecule has 2 aromatic rings. The highest BCUT2D eigenvalue weighted by atomic mass is 32.2. The number of aliphatic hydroxyl groups excluding tert-OH is 2. The van der Waals surface area contributed by atoms with Gasteiger partial charge in [0.1, 0.15) is 47.7 Å². The first-order valence-electron chi connectivity index (χ1n) is 8.31. The normalized spacial score (nSPS) is 27.7. The first-order valence-corrected chi connectivity index (χ1v) is 10.3. The molecular weight excluding hydrogens is 376 g/mol. The van der Waals surface area contributed by atoms with Gasteiger partial charge in [0.2, 0.25) is 0 Å². The van der Waals surface area contributed by atoms with Crippen molar-refractivity contribution in [3.05, 3.63) is 12.7 Å². The third-order valence-corrected chi connectivity index (χ3v) is 6.37. The minimum atomic E-state index is -1.16. The number of nitrogens with zero attached hydrogens (tertiary/aromatic N) is 4. The molecule has 3 rings (SSSR count). The smallest absolute Gasteiger partial charge is 0.320 e. The second kappa shape index (κ2) is 7.94. The fourth-order valence-corrected chi connectivity index (χ4v) is 4.63. The number of carboxylic acid groups (broad SMARTS) is 1. The van der Waals surface area contributed by atoms with Gasteiger partial charge >= 0.3 is 5.97 Å². The number of hydrogen-bond donors (Lipinski definition) is 5. The zero-order valence-electron chi connectivity index (χ0n) is 14.7. The number of fused-ring (bicyclic) bond motifs is 1. The van der Waals surface area contributed by atoms with Gasteiger partial charge in [-0.05, 0) is 10.9 Å². The average molecular weight is 399 g/mol. The van der Waals surface area contributed by atoms with Gasteiger partial charge < -0.3 is 31.5 Å².